The second-order valence-corrected chi connectivity index (χ2v) is 5.53. The quantitative estimate of drug-likeness (QED) is 0.776. The molecule has 0 amide bonds. The molecule has 1 atom stereocenters. The number of thiophene rings is 1. The van der Waals surface area contributed by atoms with Gasteiger partial charge in [-0.3, -0.25) is 4.98 Å². The number of nitrogens with two attached hydrogens (primary N) is 1. The molecule has 2 heterocycles. The molecular weight excluding hydrogens is 268 g/mol. The third-order valence-electron chi connectivity index (χ3n) is 3.20. The Labute approximate surface area is 122 Å². The van der Waals surface area contributed by atoms with Gasteiger partial charge in [-0.05, 0) is 30.1 Å². The van der Waals surface area contributed by atoms with Crippen molar-refractivity contribution in [1.29, 1.82) is 0 Å². The van der Waals surface area contributed by atoms with Crippen molar-refractivity contribution in [2.75, 3.05) is 6.54 Å². The fourth-order valence-electron chi connectivity index (χ4n) is 2.23. The first-order chi connectivity index (χ1) is 9.88. The van der Waals surface area contributed by atoms with Gasteiger partial charge in [0.05, 0.1) is 0 Å². The lowest BCUT2D eigenvalue weighted by atomic mass is 10.1. The highest BCUT2D eigenvalue weighted by Crippen LogP contribution is 2.32. The van der Waals surface area contributed by atoms with Crippen LogP contribution in [0.4, 0.5) is 0 Å². The summed E-state index contributed by atoms with van der Waals surface area (Å²) >= 11 is 1.70. The Morgan fingerprint density at radius 1 is 1.20 bits per heavy atom. The topological polar surface area (TPSA) is 48.1 Å². The van der Waals surface area contributed by atoms with Crippen LogP contribution in [0.3, 0.4) is 0 Å². The molecule has 4 heteroatoms. The van der Waals surface area contributed by atoms with Gasteiger partial charge in [0.25, 0.3) is 0 Å². The van der Waals surface area contributed by atoms with Crippen molar-refractivity contribution in [1.82, 2.24) is 4.98 Å². The van der Waals surface area contributed by atoms with Crippen LogP contribution in [-0.2, 0) is 0 Å². The third-order valence-corrected chi connectivity index (χ3v) is 4.16. The third kappa shape index (κ3) is 2.66. The predicted molar refractivity (Wildman–Crippen MR) is 83.1 cm³/mol. The van der Waals surface area contributed by atoms with Crippen LogP contribution in [0.25, 0.3) is 10.8 Å². The smallest absolute Gasteiger partial charge is 0.134 e. The summed E-state index contributed by atoms with van der Waals surface area (Å²) < 4.78 is 6.22. The Morgan fingerprint density at radius 2 is 2.15 bits per heavy atom. The maximum absolute atomic E-state index is 6.22. The Morgan fingerprint density at radius 3 is 2.95 bits per heavy atom. The SMILES string of the molecule is NCCC(Oc1cccc2cnccc12)c1cccs1. The van der Waals surface area contributed by atoms with Gasteiger partial charge in [-0.15, -0.1) is 11.3 Å². The van der Waals surface area contributed by atoms with Crippen molar-refractivity contribution in [2.45, 2.75) is 12.5 Å². The number of nitrogens with zero attached hydrogens (tertiary/aromatic N) is 1. The number of hydrogen-bond acceptors (Lipinski definition) is 4. The summed E-state index contributed by atoms with van der Waals surface area (Å²) in [5.74, 6) is 0.886. The van der Waals surface area contributed by atoms with Gasteiger partial charge in [-0.2, -0.15) is 0 Å². The second kappa shape index (κ2) is 6.03. The van der Waals surface area contributed by atoms with Gasteiger partial charge in [0.15, 0.2) is 0 Å². The summed E-state index contributed by atoms with van der Waals surface area (Å²) in [6.45, 7) is 0.606. The van der Waals surface area contributed by atoms with E-state index in [-0.39, 0.29) is 6.10 Å². The molecule has 0 aliphatic carbocycles. The largest absolute Gasteiger partial charge is 0.484 e. The van der Waals surface area contributed by atoms with Crippen LogP contribution in [0.5, 0.6) is 5.75 Å². The Bertz CT molecular complexity index is 677. The molecule has 0 aliphatic rings. The lowest BCUT2D eigenvalue weighted by molar-refractivity contribution is 0.204. The first kappa shape index (κ1) is 13.1. The van der Waals surface area contributed by atoms with Crippen LogP contribution in [0.15, 0.2) is 54.2 Å². The number of benzene rings is 1. The second-order valence-electron chi connectivity index (χ2n) is 4.55. The molecule has 2 N–H and O–H groups in total. The fraction of sp³-hybridized carbons (Fsp3) is 0.188. The standard InChI is InChI=1S/C16H16N2OS/c17-8-6-15(16-5-2-10-20-16)19-14-4-1-3-12-11-18-9-7-13(12)14/h1-5,7,9-11,15H,6,8,17H2. The van der Waals surface area contributed by atoms with Crippen LogP contribution < -0.4 is 10.5 Å². The zero-order valence-corrected chi connectivity index (χ0v) is 11.8. The summed E-state index contributed by atoms with van der Waals surface area (Å²) in [4.78, 5) is 5.36. The lowest BCUT2D eigenvalue weighted by Gasteiger charge is -2.18. The monoisotopic (exact) mass is 284 g/mol. The van der Waals surface area contributed by atoms with E-state index in [1.165, 1.54) is 4.88 Å². The van der Waals surface area contributed by atoms with E-state index in [9.17, 15) is 0 Å². The van der Waals surface area contributed by atoms with Crippen LogP contribution in [0, 0.1) is 0 Å². The minimum atomic E-state index is 0.0127. The molecule has 3 aromatic rings. The fourth-order valence-corrected chi connectivity index (χ4v) is 3.02. The van der Waals surface area contributed by atoms with Gasteiger partial charge in [0.2, 0.25) is 0 Å². The lowest BCUT2D eigenvalue weighted by Crippen LogP contribution is -2.12. The molecule has 20 heavy (non-hydrogen) atoms. The molecule has 2 aromatic heterocycles. The number of fused-ring (bicyclic) bond motifs is 1. The van der Waals surface area contributed by atoms with Gasteiger partial charge in [-0.1, -0.05) is 18.2 Å². The van der Waals surface area contributed by atoms with E-state index in [2.05, 4.69) is 16.4 Å². The maximum atomic E-state index is 6.22. The molecule has 0 saturated heterocycles. The minimum absolute atomic E-state index is 0.0127. The Balaban J connectivity index is 1.94. The van der Waals surface area contributed by atoms with Gasteiger partial charge < -0.3 is 10.5 Å². The molecule has 1 unspecified atom stereocenters. The van der Waals surface area contributed by atoms with Crippen LogP contribution >= 0.6 is 11.3 Å². The number of ether oxygens (including phenoxy) is 1. The van der Waals surface area contributed by atoms with E-state index in [1.807, 2.05) is 36.5 Å². The molecule has 3 nitrogen and oxygen atoms in total. The number of hydrogen-bond donors (Lipinski definition) is 1. The van der Waals surface area contributed by atoms with E-state index in [4.69, 9.17) is 10.5 Å². The first-order valence-electron chi connectivity index (χ1n) is 6.61. The Hall–Kier alpha value is -1.91. The minimum Gasteiger partial charge on any atom is -0.484 e. The average molecular weight is 284 g/mol. The van der Waals surface area contributed by atoms with Gasteiger partial charge in [-0.25, -0.2) is 0 Å². The molecule has 0 radical (unpaired) electrons. The molecule has 0 spiro atoms. The summed E-state index contributed by atoms with van der Waals surface area (Å²) in [6, 6.07) is 12.2. The van der Waals surface area contributed by atoms with E-state index < -0.39 is 0 Å². The molecule has 0 saturated carbocycles. The molecule has 102 valence electrons. The zero-order chi connectivity index (χ0) is 13.8. The summed E-state index contributed by atoms with van der Waals surface area (Å²) in [5, 5.41) is 4.23. The van der Waals surface area contributed by atoms with Crippen molar-refractivity contribution >= 4 is 22.1 Å². The Kier molecular flexibility index (Phi) is 3.95. The van der Waals surface area contributed by atoms with Gasteiger partial charge >= 0.3 is 0 Å². The number of rotatable bonds is 5. The van der Waals surface area contributed by atoms with E-state index in [0.717, 1.165) is 22.9 Å². The van der Waals surface area contributed by atoms with Crippen LogP contribution in [-0.4, -0.2) is 11.5 Å². The van der Waals surface area contributed by atoms with Gasteiger partial charge in [0, 0.05) is 34.5 Å². The van der Waals surface area contributed by atoms with Crippen molar-refractivity contribution in [3.8, 4) is 5.75 Å². The maximum Gasteiger partial charge on any atom is 0.134 e. The van der Waals surface area contributed by atoms with E-state index in [1.54, 1.807) is 17.5 Å². The van der Waals surface area contributed by atoms with E-state index >= 15 is 0 Å². The van der Waals surface area contributed by atoms with Crippen molar-refractivity contribution in [2.24, 2.45) is 5.73 Å². The van der Waals surface area contributed by atoms with Crippen molar-refractivity contribution < 1.29 is 4.74 Å². The number of pyridine rings is 1. The molecule has 0 fully saturated rings. The molecule has 0 bridgehead atoms. The first-order valence-corrected chi connectivity index (χ1v) is 7.49. The number of aromatic nitrogens is 1. The summed E-state index contributed by atoms with van der Waals surface area (Å²) in [7, 11) is 0. The van der Waals surface area contributed by atoms with E-state index in [0.29, 0.717) is 6.54 Å². The average Bonchev–Trinajstić information content (AvgIpc) is 3.01. The van der Waals surface area contributed by atoms with Gasteiger partial charge in [0.1, 0.15) is 11.9 Å². The predicted octanol–water partition coefficient (Wildman–Crippen LogP) is 3.77. The highest BCUT2D eigenvalue weighted by atomic mass is 32.1. The normalized spacial score (nSPS) is 12.4. The van der Waals surface area contributed by atoms with Crippen molar-refractivity contribution in [3.63, 3.8) is 0 Å². The highest BCUT2D eigenvalue weighted by molar-refractivity contribution is 7.10. The van der Waals surface area contributed by atoms with Crippen LogP contribution in [0.2, 0.25) is 0 Å². The molecular formula is C16H16N2OS. The van der Waals surface area contributed by atoms with Crippen molar-refractivity contribution in [3.05, 3.63) is 59.0 Å². The van der Waals surface area contributed by atoms with Crippen LogP contribution in [0.1, 0.15) is 17.4 Å². The highest BCUT2D eigenvalue weighted by Gasteiger charge is 2.15. The summed E-state index contributed by atoms with van der Waals surface area (Å²) in [5.41, 5.74) is 5.72. The molecule has 0 aliphatic heterocycles. The summed E-state index contributed by atoms with van der Waals surface area (Å²) in [6.07, 6.45) is 4.46. The zero-order valence-electron chi connectivity index (χ0n) is 11.0. The molecule has 3 rings (SSSR count). The molecule has 1 aromatic carbocycles.